The average molecular weight is 2720 g/mol. The zero-order valence-electron chi connectivity index (χ0n) is 77.2. The van der Waals surface area contributed by atoms with Crippen LogP contribution in [0.4, 0.5) is 35.1 Å². The van der Waals surface area contributed by atoms with Crippen molar-refractivity contribution in [1.29, 1.82) is 10.5 Å². The molecular formula is C100H117F8I8N3O8S2. The fourth-order valence-corrected chi connectivity index (χ4v) is 64.7. The average Bonchev–Trinajstić information content (AvgIpc) is 1.52. The first-order valence-electron chi connectivity index (χ1n) is 40.5. The summed E-state index contributed by atoms with van der Waals surface area (Å²) >= 11 is -18.2. The minimum Gasteiger partial charge on any atom is -0.846 e. The SMILES string of the molecule is CC#N.CC#N.CC#[N+][I-]1(C)OC(C)(C)c2ccccc21.CC1(C)O[I-](C)([O+]2I(C(F)(F)C(F)(F)Sc3ccccc3)c3ccccc3C2(C)C)c2ccccc21.CI(OC(C)(C)c1ccccc1[I+]C(F)(F)C(F)(F)Sc1ccccc1)c1ccccc1C(C)(C)[O-].CI1OC(C)(C)c2ccccc21.CI1OC(C)(C)c2ccccc21.C[I+]c1ccccc1C(C)(C)[O-]. The van der Waals surface area contributed by atoms with E-state index < -0.39 is 187 Å². The topological polar surface area (TPSA) is 147 Å². The number of rotatable bonds is 17. The Hall–Kier alpha value is -3.67. The van der Waals surface area contributed by atoms with Crippen LogP contribution in [0.5, 0.6) is 0 Å². The Balaban J connectivity index is 0.000000202. The molecule has 29 heteroatoms. The van der Waals surface area contributed by atoms with Gasteiger partial charge in [-0.15, -0.1) is 0 Å². The second kappa shape index (κ2) is 45.3. The van der Waals surface area contributed by atoms with Gasteiger partial charge in [0.25, 0.3) is 0 Å². The number of fused-ring (bicyclic) bond motifs is 5. The first kappa shape index (κ1) is 111. The standard InChI is InChI=1S/2C27H28F4I2O2S.C12H16INO.3C10H13IO.2C2H3N/c1-24(2)21-16-10-12-18-23(21)33(5,34-24)35-25(3,4)20-15-9-11-17-22(20)32(35)26(28,29)27(30,31)36-19-13-7-6-8-14-19;1-24(2,34)21-16-10-12-18-23(21)33(5)35-25(3,4)20-15-9-11-17-22(20)32-26(28,29)27(30,31)36-19-13-7-6-8-14-19;1-5-14-13(4)11-9-7-6-8-10(11)12(2,3)15-13;2*1-10(2)8-6-4-5-7-9(8)11(3)12-10;1-10(2,12)8-6-4-5-7-9(8)11-3;2*1-2-3/h2*6-18H,1-5H3;6-9H,1-4H3;3*4-7H,1-3H3;2*1H3. The predicted octanol–water partition coefficient (Wildman–Crippen LogP) is 16.2. The summed E-state index contributed by atoms with van der Waals surface area (Å²) < 4.78 is 162. The molecule has 0 saturated heterocycles. The van der Waals surface area contributed by atoms with Gasteiger partial charge >= 0.3 is 741 Å². The van der Waals surface area contributed by atoms with Crippen molar-refractivity contribution in [2.24, 2.45) is 0 Å². The van der Waals surface area contributed by atoms with Gasteiger partial charge in [-0.05, 0) is 11.6 Å². The van der Waals surface area contributed by atoms with E-state index in [9.17, 15) is 19.0 Å². The maximum atomic E-state index is 16.5. The molecule has 704 valence electrons. The van der Waals surface area contributed by atoms with Crippen LogP contribution in [0.25, 0.3) is 3.06 Å². The fourth-order valence-electron chi connectivity index (χ4n) is 14.4. The zero-order valence-corrected chi connectivity index (χ0v) is 96.1. The first-order chi connectivity index (χ1) is 60.0. The van der Waals surface area contributed by atoms with E-state index in [1.165, 1.54) is 75.2 Å². The summed E-state index contributed by atoms with van der Waals surface area (Å²) in [5, 5.41) is 30.5. The number of nitrogens with zero attached hydrogens (tertiary/aromatic N) is 3. The molecular weight excluding hydrogens is 2600 g/mol. The van der Waals surface area contributed by atoms with Crippen LogP contribution in [0, 0.1) is 57.3 Å². The molecule has 0 bridgehead atoms. The van der Waals surface area contributed by atoms with Crippen molar-refractivity contribution in [1.82, 2.24) is 0 Å². The van der Waals surface area contributed by atoms with E-state index in [-0.39, 0.29) is 74.9 Å². The number of alkyl halides is 16. The smallest absolute Gasteiger partial charge is 0.309 e. The van der Waals surface area contributed by atoms with Crippen LogP contribution >= 0.6 is 104 Å². The maximum Gasteiger partial charge on any atom is 0.309 e. The molecule has 10 aromatic rings. The van der Waals surface area contributed by atoms with Gasteiger partial charge < -0.3 is 5.11 Å². The second-order valence-corrected chi connectivity index (χ2v) is 72.5. The summed E-state index contributed by atoms with van der Waals surface area (Å²) in [7, 11) is 0. The predicted molar refractivity (Wildman–Crippen MR) is 523 cm³/mol. The Labute approximate surface area is 829 Å². The van der Waals surface area contributed by atoms with E-state index >= 15 is 26.3 Å². The van der Waals surface area contributed by atoms with Crippen LogP contribution < -0.4 is 91.0 Å². The molecule has 0 aliphatic carbocycles. The number of hydrogen-bond donors (Lipinski definition) is 0. The van der Waals surface area contributed by atoms with Crippen molar-refractivity contribution in [3.8, 4) is 18.2 Å². The summed E-state index contributed by atoms with van der Waals surface area (Å²) in [5.74, 6) is 0. The fraction of sp³-hybridized carbons (Fsp3) is 0.370. The van der Waals surface area contributed by atoms with Gasteiger partial charge in [-0.3, -0.25) is 0 Å². The number of halogens is 16. The molecule has 0 radical (unpaired) electrons. The van der Waals surface area contributed by atoms with Crippen LogP contribution in [-0.4, -0.2) is 48.0 Å². The summed E-state index contributed by atoms with van der Waals surface area (Å²) in [6.45, 7) is 35.3. The number of hydrogen-bond acceptors (Lipinski definition) is 11. The van der Waals surface area contributed by atoms with Gasteiger partial charge in [0.1, 0.15) is 4.93 Å². The van der Waals surface area contributed by atoms with E-state index in [0.29, 0.717) is 20.3 Å². The molecule has 2 unspecified atom stereocenters. The van der Waals surface area contributed by atoms with E-state index in [4.69, 9.17) is 25.9 Å². The largest absolute Gasteiger partial charge is 0.846 e. The van der Waals surface area contributed by atoms with Crippen LogP contribution in [0.1, 0.15) is 176 Å². The first-order valence-corrected chi connectivity index (χ1v) is 73.0. The van der Waals surface area contributed by atoms with Gasteiger partial charge in [0.05, 0.1) is 12.1 Å². The van der Waals surface area contributed by atoms with Crippen molar-refractivity contribution in [2.75, 3.05) is 29.6 Å². The molecule has 0 amide bonds. The Bertz CT molecular complexity index is 5530. The molecule has 11 nitrogen and oxygen atoms in total. The molecule has 0 N–H and O–H groups in total. The molecule has 5 aliphatic rings. The molecule has 5 heterocycles. The molecule has 15 rings (SSSR count). The minimum absolute atomic E-state index is 0.0217. The van der Waals surface area contributed by atoms with Crippen molar-refractivity contribution < 1.29 is 142 Å². The van der Waals surface area contributed by atoms with E-state index in [1.807, 2.05) is 105 Å². The molecule has 0 fully saturated rings. The summed E-state index contributed by atoms with van der Waals surface area (Å²) in [6.07, 6.45) is 0. The van der Waals surface area contributed by atoms with Gasteiger partial charge in [0.2, 0.25) is 0 Å². The molecule has 0 aromatic heterocycles. The van der Waals surface area contributed by atoms with Gasteiger partial charge in [-0.2, -0.15) is 10.5 Å². The van der Waals surface area contributed by atoms with Gasteiger partial charge in [0, 0.05) is 13.8 Å². The Morgan fingerprint density at radius 2 is 0.822 bits per heavy atom. The Kier molecular flexibility index (Phi) is 38.8. The number of benzene rings is 10. The molecule has 2 atom stereocenters. The van der Waals surface area contributed by atoms with Gasteiger partial charge in [-0.1, -0.05) is 37.6 Å². The van der Waals surface area contributed by atoms with Crippen molar-refractivity contribution in [2.45, 2.75) is 205 Å². The quantitative estimate of drug-likeness (QED) is 0.0282. The third-order valence-corrected chi connectivity index (χ3v) is 67.0. The molecule has 5 aliphatic heterocycles. The monoisotopic (exact) mass is 2720 g/mol. The van der Waals surface area contributed by atoms with Crippen LogP contribution in [0.3, 0.4) is 0 Å². The maximum absolute atomic E-state index is 16.5. The summed E-state index contributed by atoms with van der Waals surface area (Å²) in [4.78, 5) is 12.9. The van der Waals surface area contributed by atoms with Crippen LogP contribution in [0.2, 0.25) is 0 Å². The van der Waals surface area contributed by atoms with E-state index in [0.717, 1.165) is 18.3 Å². The van der Waals surface area contributed by atoms with Gasteiger partial charge in [0.15, 0.2) is 3.57 Å². The van der Waals surface area contributed by atoms with Crippen molar-refractivity contribution in [3.05, 3.63) is 331 Å². The Morgan fingerprint density at radius 3 is 1.27 bits per heavy atom. The van der Waals surface area contributed by atoms with E-state index in [1.54, 1.807) is 139 Å². The van der Waals surface area contributed by atoms with Crippen LogP contribution in [-0.2, 0) is 61.2 Å². The summed E-state index contributed by atoms with van der Waals surface area (Å²) in [5.41, 5.74) is 2.61. The summed E-state index contributed by atoms with van der Waals surface area (Å²) in [6, 6.07) is 83.6. The van der Waals surface area contributed by atoms with Crippen molar-refractivity contribution in [3.63, 3.8) is 0 Å². The van der Waals surface area contributed by atoms with Crippen LogP contribution in [0.15, 0.2) is 265 Å². The third kappa shape index (κ3) is 26.6. The normalized spacial score (nSPS) is 19.9. The molecule has 0 saturated carbocycles. The number of nitriles is 2. The zero-order chi connectivity index (χ0) is 96.2. The van der Waals surface area contributed by atoms with Crippen molar-refractivity contribution >= 4 is 104 Å². The third-order valence-electron chi connectivity index (χ3n) is 19.9. The second-order valence-electron chi connectivity index (χ2n) is 33.4. The number of thioether (sulfide) groups is 2. The van der Waals surface area contributed by atoms with E-state index in [2.05, 4.69) is 150 Å². The van der Waals surface area contributed by atoms with Gasteiger partial charge in [-0.25, -0.2) is 0 Å². The molecule has 0 spiro atoms. The molecule has 129 heavy (non-hydrogen) atoms. The molecule has 10 aromatic carbocycles. The minimum atomic E-state index is -4.32. The Morgan fingerprint density at radius 1 is 0.457 bits per heavy atom.